The molecule has 1 aromatic rings. The van der Waals surface area contributed by atoms with Crippen molar-refractivity contribution in [2.75, 3.05) is 0 Å². The van der Waals surface area contributed by atoms with Crippen LogP contribution in [0.4, 0.5) is 0 Å². The van der Waals surface area contributed by atoms with Crippen molar-refractivity contribution in [3.63, 3.8) is 0 Å². The molecule has 2 aliphatic rings. The molecule has 0 aliphatic carbocycles. The third-order valence-electron chi connectivity index (χ3n) is 2.81. The van der Waals surface area contributed by atoms with Crippen molar-refractivity contribution < 1.29 is 29.4 Å². The van der Waals surface area contributed by atoms with Gasteiger partial charge in [0.05, 0.1) is 11.1 Å². The fourth-order valence-corrected chi connectivity index (χ4v) is 1.97. The standard InChI is InChI=1S/C13H9NO5/c15-10-6-5-9(13(18)19-10)14-11(16)7-3-1-2-4-8(7)12(14)17/h1-4,9H,5-6H2/i5D2,6D2. The highest BCUT2D eigenvalue weighted by atomic mass is 16.6. The van der Waals surface area contributed by atoms with E-state index in [0.717, 1.165) is 0 Å². The van der Waals surface area contributed by atoms with E-state index < -0.39 is 42.5 Å². The molecule has 2 heterocycles. The molecule has 6 heteroatoms. The topological polar surface area (TPSA) is 80.8 Å². The Labute approximate surface area is 113 Å². The second-order valence-corrected chi connectivity index (χ2v) is 3.91. The summed E-state index contributed by atoms with van der Waals surface area (Å²) in [7, 11) is 0. The summed E-state index contributed by atoms with van der Waals surface area (Å²) in [5.74, 6) is -5.06. The van der Waals surface area contributed by atoms with Gasteiger partial charge in [0.1, 0.15) is 6.04 Å². The van der Waals surface area contributed by atoms with Crippen LogP contribution in [0, 0.1) is 0 Å². The van der Waals surface area contributed by atoms with Gasteiger partial charge in [-0.2, -0.15) is 0 Å². The lowest BCUT2D eigenvalue weighted by Crippen LogP contribution is -2.48. The van der Waals surface area contributed by atoms with E-state index in [2.05, 4.69) is 4.74 Å². The predicted molar refractivity (Wildman–Crippen MR) is 61.1 cm³/mol. The number of carbonyl (C=O) groups excluding carboxylic acids is 4. The number of amides is 2. The van der Waals surface area contributed by atoms with Crippen LogP contribution in [0.2, 0.25) is 0 Å². The molecule has 0 radical (unpaired) electrons. The largest absolute Gasteiger partial charge is 0.392 e. The first-order chi connectivity index (χ1) is 10.6. The number of rotatable bonds is 1. The number of fused-ring (bicyclic) bond motifs is 1. The van der Waals surface area contributed by atoms with Gasteiger partial charge in [-0.25, -0.2) is 4.79 Å². The van der Waals surface area contributed by atoms with E-state index in [4.69, 9.17) is 5.48 Å². The minimum Gasteiger partial charge on any atom is -0.392 e. The summed E-state index contributed by atoms with van der Waals surface area (Å²) in [4.78, 5) is 48.4. The minimum absolute atomic E-state index is 0.0291. The molecule has 0 saturated carbocycles. The summed E-state index contributed by atoms with van der Waals surface area (Å²) in [5, 5.41) is 0. The molecule has 0 N–H and O–H groups in total. The number of hydrogen-bond donors (Lipinski definition) is 0. The number of ether oxygens (including phenoxy) is 1. The van der Waals surface area contributed by atoms with Gasteiger partial charge < -0.3 is 4.74 Å². The van der Waals surface area contributed by atoms with Crippen LogP contribution in [-0.4, -0.2) is 34.7 Å². The summed E-state index contributed by atoms with van der Waals surface area (Å²) in [6.07, 6.45) is -6.33. The minimum atomic E-state index is -3.19. The van der Waals surface area contributed by atoms with E-state index in [1.165, 1.54) is 24.3 Å². The average Bonchev–Trinajstić information content (AvgIpc) is 2.71. The first-order valence-corrected chi connectivity index (χ1v) is 5.33. The van der Waals surface area contributed by atoms with Crippen molar-refractivity contribution >= 4 is 23.8 Å². The Hall–Kier alpha value is -2.50. The summed E-state index contributed by atoms with van der Waals surface area (Å²) < 4.78 is 34.9. The Morgan fingerprint density at radius 2 is 1.68 bits per heavy atom. The second kappa shape index (κ2) is 4.01. The van der Waals surface area contributed by atoms with Gasteiger partial charge in [0, 0.05) is 11.9 Å². The van der Waals surface area contributed by atoms with Crippen LogP contribution >= 0.6 is 0 Å². The van der Waals surface area contributed by atoms with Crippen LogP contribution in [0.25, 0.3) is 0 Å². The summed E-state index contributed by atoms with van der Waals surface area (Å²) >= 11 is 0. The van der Waals surface area contributed by atoms with Crippen molar-refractivity contribution in [2.45, 2.75) is 18.8 Å². The Morgan fingerprint density at radius 1 is 1.11 bits per heavy atom. The lowest BCUT2D eigenvalue weighted by atomic mass is 10.1. The first kappa shape index (κ1) is 7.83. The van der Waals surface area contributed by atoms with E-state index in [1.54, 1.807) is 0 Å². The quantitative estimate of drug-likeness (QED) is 0.419. The summed E-state index contributed by atoms with van der Waals surface area (Å²) in [5.41, 5.74) is -0.0582. The SMILES string of the molecule is [2H]C1([2H])C(=O)OC(=O)C(N2C(=O)c3ccccc3C2=O)C1([2H])[2H]. The maximum atomic E-state index is 12.4. The summed E-state index contributed by atoms with van der Waals surface area (Å²) in [6.45, 7) is 0. The van der Waals surface area contributed by atoms with Crippen LogP contribution in [0.15, 0.2) is 24.3 Å². The molecule has 1 saturated heterocycles. The molecule has 0 bridgehead atoms. The van der Waals surface area contributed by atoms with Gasteiger partial charge in [-0.15, -0.1) is 0 Å². The van der Waals surface area contributed by atoms with Crippen LogP contribution in [-0.2, 0) is 14.3 Å². The monoisotopic (exact) mass is 263 g/mol. The molecule has 96 valence electrons. The van der Waals surface area contributed by atoms with E-state index in [1.807, 2.05) is 0 Å². The molecule has 1 atom stereocenters. The van der Waals surface area contributed by atoms with E-state index in [-0.39, 0.29) is 11.1 Å². The Kier molecular flexibility index (Phi) is 1.65. The smallest absolute Gasteiger partial charge is 0.337 e. The molecular formula is C13H9NO5. The molecular weight excluding hydrogens is 250 g/mol. The van der Waals surface area contributed by atoms with Crippen molar-refractivity contribution in [2.24, 2.45) is 0 Å². The van der Waals surface area contributed by atoms with Crippen LogP contribution in [0.3, 0.4) is 0 Å². The van der Waals surface area contributed by atoms with Crippen LogP contribution in [0.1, 0.15) is 38.9 Å². The number of cyclic esters (lactones) is 2. The number of nitrogens with zero attached hydrogens (tertiary/aromatic N) is 1. The van der Waals surface area contributed by atoms with Gasteiger partial charge in [-0.3, -0.25) is 19.3 Å². The van der Waals surface area contributed by atoms with E-state index in [0.29, 0.717) is 4.90 Å². The highest BCUT2D eigenvalue weighted by Gasteiger charge is 2.45. The zero-order valence-corrected chi connectivity index (χ0v) is 9.38. The third-order valence-corrected chi connectivity index (χ3v) is 2.81. The molecule has 2 aliphatic heterocycles. The average molecular weight is 263 g/mol. The number of carbonyl (C=O) groups is 4. The van der Waals surface area contributed by atoms with E-state index >= 15 is 0 Å². The Balaban J connectivity index is 2.12. The van der Waals surface area contributed by atoms with Gasteiger partial charge in [0.25, 0.3) is 11.8 Å². The van der Waals surface area contributed by atoms with Crippen molar-refractivity contribution in [3.8, 4) is 0 Å². The van der Waals surface area contributed by atoms with Crippen LogP contribution in [0.5, 0.6) is 0 Å². The van der Waals surface area contributed by atoms with Gasteiger partial charge >= 0.3 is 11.9 Å². The van der Waals surface area contributed by atoms with E-state index in [9.17, 15) is 19.2 Å². The number of imide groups is 1. The van der Waals surface area contributed by atoms with Crippen molar-refractivity contribution in [3.05, 3.63) is 35.4 Å². The third kappa shape index (κ3) is 1.64. The highest BCUT2D eigenvalue weighted by molar-refractivity contribution is 6.23. The van der Waals surface area contributed by atoms with Gasteiger partial charge in [-0.1, -0.05) is 12.1 Å². The molecule has 0 aromatic heterocycles. The van der Waals surface area contributed by atoms with Crippen molar-refractivity contribution in [1.29, 1.82) is 0 Å². The number of hydrogen-bond acceptors (Lipinski definition) is 5. The highest BCUT2D eigenvalue weighted by Crippen LogP contribution is 2.27. The number of esters is 2. The zero-order valence-electron chi connectivity index (χ0n) is 13.4. The molecule has 19 heavy (non-hydrogen) atoms. The maximum absolute atomic E-state index is 12.4. The molecule has 3 rings (SSSR count). The summed E-state index contributed by atoms with van der Waals surface area (Å²) in [6, 6.07) is 3.45. The number of benzene rings is 1. The molecule has 1 fully saturated rings. The first-order valence-electron chi connectivity index (χ1n) is 7.33. The van der Waals surface area contributed by atoms with Gasteiger partial charge in [0.15, 0.2) is 0 Å². The second-order valence-electron chi connectivity index (χ2n) is 3.91. The molecule has 6 nitrogen and oxygen atoms in total. The fraction of sp³-hybridized carbons (Fsp3) is 0.231. The lowest BCUT2D eigenvalue weighted by Gasteiger charge is -2.26. The Bertz CT molecular complexity index is 740. The predicted octanol–water partition coefficient (Wildman–Crippen LogP) is 0.515. The van der Waals surface area contributed by atoms with Gasteiger partial charge in [0.2, 0.25) is 0 Å². The molecule has 1 aromatic carbocycles. The maximum Gasteiger partial charge on any atom is 0.337 e. The van der Waals surface area contributed by atoms with Gasteiger partial charge in [-0.05, 0) is 18.5 Å². The lowest BCUT2D eigenvalue weighted by molar-refractivity contribution is -0.167. The fourth-order valence-electron chi connectivity index (χ4n) is 1.97. The molecule has 2 amide bonds. The zero-order chi connectivity index (χ0) is 17.2. The molecule has 1 unspecified atom stereocenters. The molecule has 0 spiro atoms. The van der Waals surface area contributed by atoms with Crippen LogP contribution < -0.4 is 0 Å². The van der Waals surface area contributed by atoms with Crippen molar-refractivity contribution in [1.82, 2.24) is 4.90 Å². The normalized spacial score (nSPS) is 30.9. The Morgan fingerprint density at radius 3 is 2.26 bits per heavy atom.